The Balaban J connectivity index is 1.27. The van der Waals surface area contributed by atoms with Crippen molar-refractivity contribution in [1.82, 2.24) is 34.9 Å². The zero-order chi connectivity index (χ0) is 22.9. The van der Waals surface area contributed by atoms with Gasteiger partial charge in [0.05, 0.1) is 11.2 Å². The van der Waals surface area contributed by atoms with Crippen molar-refractivity contribution in [2.24, 2.45) is 0 Å². The molecule has 2 N–H and O–H groups in total. The third-order valence-corrected chi connectivity index (χ3v) is 5.76. The fourth-order valence-corrected chi connectivity index (χ4v) is 4.01. The largest absolute Gasteiger partial charge is 0.457 e. The highest BCUT2D eigenvalue weighted by atomic mass is 16.5. The highest BCUT2D eigenvalue weighted by Crippen LogP contribution is 2.30. The summed E-state index contributed by atoms with van der Waals surface area (Å²) in [5.41, 5.74) is 6.29. The summed E-state index contributed by atoms with van der Waals surface area (Å²) in [7, 11) is 0. The minimum atomic E-state index is 0.668. The molecule has 0 spiro atoms. The normalized spacial score (nSPS) is 13.7. The number of benzene rings is 1. The lowest BCUT2D eigenvalue weighted by Crippen LogP contribution is -2.21. The minimum Gasteiger partial charge on any atom is -0.457 e. The fourth-order valence-electron chi connectivity index (χ4n) is 4.01. The number of anilines is 2. The van der Waals surface area contributed by atoms with E-state index in [9.17, 15) is 0 Å². The molecule has 1 aliphatic rings. The molecule has 0 atom stereocenters. The van der Waals surface area contributed by atoms with Crippen LogP contribution in [0.1, 0.15) is 17.7 Å². The van der Waals surface area contributed by atoms with E-state index in [1.54, 1.807) is 10.8 Å². The van der Waals surface area contributed by atoms with E-state index in [0.717, 1.165) is 58.9 Å². The average molecular weight is 451 g/mol. The Morgan fingerprint density at radius 2 is 2.00 bits per heavy atom. The first-order valence-electron chi connectivity index (χ1n) is 11.1. The third kappa shape index (κ3) is 3.93. The van der Waals surface area contributed by atoms with E-state index >= 15 is 0 Å². The van der Waals surface area contributed by atoms with Gasteiger partial charge in [0.2, 0.25) is 0 Å². The summed E-state index contributed by atoms with van der Waals surface area (Å²) in [6.45, 7) is 3.83. The van der Waals surface area contributed by atoms with E-state index in [4.69, 9.17) is 9.72 Å². The van der Waals surface area contributed by atoms with Gasteiger partial charge in [-0.05, 0) is 67.4 Å². The van der Waals surface area contributed by atoms with Crippen molar-refractivity contribution in [3.8, 4) is 11.5 Å². The number of aryl methyl sites for hydroxylation is 1. The molecule has 0 saturated carbocycles. The molecule has 5 aromatic rings. The summed E-state index contributed by atoms with van der Waals surface area (Å²) in [5.74, 6) is 2.13. The summed E-state index contributed by atoms with van der Waals surface area (Å²) < 4.78 is 7.78. The Morgan fingerprint density at radius 1 is 1.03 bits per heavy atom. The summed E-state index contributed by atoms with van der Waals surface area (Å²) in [4.78, 5) is 17.9. The number of ether oxygens (including phenoxy) is 1. The Morgan fingerprint density at radius 3 is 2.88 bits per heavy atom. The first-order valence-corrected chi connectivity index (χ1v) is 11.1. The van der Waals surface area contributed by atoms with E-state index in [1.165, 1.54) is 11.9 Å². The fraction of sp³-hybridized carbons (Fsp3) is 0.160. The van der Waals surface area contributed by atoms with Crippen LogP contribution in [0.4, 0.5) is 11.5 Å². The molecule has 0 fully saturated rings. The van der Waals surface area contributed by atoms with Crippen LogP contribution >= 0.6 is 0 Å². The van der Waals surface area contributed by atoms with Gasteiger partial charge in [-0.3, -0.25) is 0 Å². The molecular formula is C25H22N8O. The first-order chi connectivity index (χ1) is 16.7. The molecule has 9 nitrogen and oxygen atoms in total. The molecule has 34 heavy (non-hydrogen) atoms. The Labute approximate surface area is 195 Å². The number of fused-ring (bicyclic) bond motifs is 2. The maximum Gasteiger partial charge on any atom is 0.160 e. The summed E-state index contributed by atoms with van der Waals surface area (Å²) in [5, 5.41) is 10.9. The maximum absolute atomic E-state index is 6.09. The van der Waals surface area contributed by atoms with Gasteiger partial charge in [-0.15, -0.1) is 0 Å². The van der Waals surface area contributed by atoms with E-state index in [2.05, 4.69) is 36.8 Å². The molecule has 0 saturated heterocycles. The molecule has 1 aromatic carbocycles. The van der Waals surface area contributed by atoms with E-state index in [1.807, 2.05) is 55.6 Å². The van der Waals surface area contributed by atoms with Gasteiger partial charge in [0.25, 0.3) is 0 Å². The Hall–Kier alpha value is -4.37. The van der Waals surface area contributed by atoms with Crippen LogP contribution in [0.3, 0.4) is 0 Å². The number of nitrogens with one attached hydrogen (secondary N) is 2. The van der Waals surface area contributed by atoms with Crippen molar-refractivity contribution in [3.05, 3.63) is 78.6 Å². The quantitative estimate of drug-likeness (QED) is 0.409. The second-order valence-corrected chi connectivity index (χ2v) is 8.11. The van der Waals surface area contributed by atoms with Gasteiger partial charge in [0.15, 0.2) is 11.5 Å². The van der Waals surface area contributed by atoms with E-state index in [-0.39, 0.29) is 0 Å². The van der Waals surface area contributed by atoms with Crippen molar-refractivity contribution in [1.29, 1.82) is 0 Å². The van der Waals surface area contributed by atoms with Crippen LogP contribution in [-0.4, -0.2) is 42.6 Å². The van der Waals surface area contributed by atoms with E-state index in [0.29, 0.717) is 11.6 Å². The number of rotatable bonds is 5. The molecule has 0 amide bonds. The van der Waals surface area contributed by atoms with Crippen molar-refractivity contribution in [3.63, 3.8) is 0 Å². The first kappa shape index (κ1) is 20.3. The SMILES string of the molecule is Cc1cc(Nc2ncnc3ccc(C4=CCCNC4)nc23)ccc1Oc1ccn2ncnc2c1. The van der Waals surface area contributed by atoms with Crippen LogP contribution in [0.25, 0.3) is 22.3 Å². The molecule has 0 unspecified atom stereocenters. The average Bonchev–Trinajstić information content (AvgIpc) is 3.34. The van der Waals surface area contributed by atoms with Crippen LogP contribution in [0.15, 0.2) is 67.4 Å². The van der Waals surface area contributed by atoms with Crippen LogP contribution in [0.2, 0.25) is 0 Å². The van der Waals surface area contributed by atoms with Gasteiger partial charge < -0.3 is 15.4 Å². The highest BCUT2D eigenvalue weighted by molar-refractivity contribution is 5.88. The molecule has 5 heterocycles. The molecule has 6 rings (SSSR count). The molecular weight excluding hydrogens is 428 g/mol. The number of hydrogen-bond donors (Lipinski definition) is 2. The Bertz CT molecular complexity index is 1540. The van der Waals surface area contributed by atoms with Crippen molar-refractivity contribution < 1.29 is 4.74 Å². The third-order valence-electron chi connectivity index (χ3n) is 5.76. The predicted octanol–water partition coefficient (Wildman–Crippen LogP) is 4.29. The smallest absolute Gasteiger partial charge is 0.160 e. The second-order valence-electron chi connectivity index (χ2n) is 8.11. The lowest BCUT2D eigenvalue weighted by Gasteiger charge is -2.15. The van der Waals surface area contributed by atoms with Gasteiger partial charge in [-0.25, -0.2) is 24.5 Å². The summed E-state index contributed by atoms with van der Waals surface area (Å²) in [6.07, 6.45) is 8.14. The monoisotopic (exact) mass is 450 g/mol. The molecule has 1 aliphatic heterocycles. The van der Waals surface area contributed by atoms with Gasteiger partial charge in [-0.1, -0.05) is 6.08 Å². The summed E-state index contributed by atoms with van der Waals surface area (Å²) in [6, 6.07) is 13.7. The van der Waals surface area contributed by atoms with Crippen LogP contribution in [0, 0.1) is 6.92 Å². The van der Waals surface area contributed by atoms with Crippen molar-refractivity contribution in [2.45, 2.75) is 13.3 Å². The lowest BCUT2D eigenvalue weighted by atomic mass is 10.1. The standard InChI is InChI=1S/C25H22N8O/c1-16-11-18(4-7-22(16)34-19-8-10-33-23(12-19)28-15-30-33)31-25-24-21(27-14-29-25)6-5-20(32-24)17-3-2-9-26-13-17/h3-8,10-12,14-15,26H,2,9,13H2,1H3,(H,27,29,31). The lowest BCUT2D eigenvalue weighted by molar-refractivity contribution is 0.478. The number of pyridine rings is 2. The molecule has 0 radical (unpaired) electrons. The van der Waals surface area contributed by atoms with Crippen LogP contribution in [-0.2, 0) is 0 Å². The topological polar surface area (TPSA) is 102 Å². The molecule has 0 aliphatic carbocycles. The van der Waals surface area contributed by atoms with Gasteiger partial charge in [0.1, 0.15) is 29.7 Å². The van der Waals surface area contributed by atoms with E-state index < -0.39 is 0 Å². The zero-order valence-electron chi connectivity index (χ0n) is 18.6. The predicted molar refractivity (Wildman–Crippen MR) is 130 cm³/mol. The highest BCUT2D eigenvalue weighted by Gasteiger charge is 2.12. The number of hydrogen-bond acceptors (Lipinski definition) is 8. The Kier molecular flexibility index (Phi) is 5.08. The molecule has 4 aromatic heterocycles. The second kappa shape index (κ2) is 8.53. The maximum atomic E-state index is 6.09. The molecule has 0 bridgehead atoms. The van der Waals surface area contributed by atoms with Crippen molar-refractivity contribution >= 4 is 33.8 Å². The molecule has 168 valence electrons. The van der Waals surface area contributed by atoms with Crippen molar-refractivity contribution in [2.75, 3.05) is 18.4 Å². The van der Waals surface area contributed by atoms with Crippen LogP contribution in [0.5, 0.6) is 11.5 Å². The summed E-state index contributed by atoms with van der Waals surface area (Å²) >= 11 is 0. The zero-order valence-corrected chi connectivity index (χ0v) is 18.6. The van der Waals surface area contributed by atoms with Gasteiger partial charge >= 0.3 is 0 Å². The molecule has 9 heteroatoms. The number of nitrogens with zero attached hydrogens (tertiary/aromatic N) is 6. The van der Waals surface area contributed by atoms with Gasteiger partial charge in [-0.2, -0.15) is 5.10 Å². The number of aromatic nitrogens is 6. The minimum absolute atomic E-state index is 0.668. The van der Waals surface area contributed by atoms with Crippen LogP contribution < -0.4 is 15.4 Å². The van der Waals surface area contributed by atoms with Gasteiger partial charge in [0, 0.05) is 24.5 Å².